The number of likely N-dealkylation sites (N-methyl/N-ethyl adjacent to an activating group) is 1. The van der Waals surface area contributed by atoms with E-state index >= 15 is 0 Å². The van der Waals surface area contributed by atoms with E-state index in [-0.39, 0.29) is 10.5 Å². The van der Waals surface area contributed by atoms with Crippen molar-refractivity contribution < 1.29 is 14.5 Å². The van der Waals surface area contributed by atoms with Crippen molar-refractivity contribution in [3.8, 4) is 0 Å². The fourth-order valence-corrected chi connectivity index (χ4v) is 3.03. The smallest absolute Gasteiger partial charge is 0.264 e. The minimum absolute atomic E-state index is 0.0616. The number of quaternary nitrogens is 1. The molecule has 1 amide bonds. The maximum absolute atomic E-state index is 11.9. The fourth-order valence-electron chi connectivity index (χ4n) is 3.03. The number of carbonyl (C=O) groups excluding carboxylic acids is 1. The van der Waals surface area contributed by atoms with Crippen LogP contribution in [0.3, 0.4) is 0 Å². The van der Waals surface area contributed by atoms with Gasteiger partial charge in [0.2, 0.25) is 0 Å². The van der Waals surface area contributed by atoms with Crippen molar-refractivity contribution in [2.75, 3.05) is 20.6 Å². The normalized spacial score (nSPS) is 13.1. The van der Waals surface area contributed by atoms with Crippen molar-refractivity contribution in [3.05, 3.63) is 0 Å². The highest BCUT2D eigenvalue weighted by molar-refractivity contribution is 5.74. The van der Waals surface area contributed by atoms with Gasteiger partial charge in [-0.1, -0.05) is 84.2 Å². The summed E-state index contributed by atoms with van der Waals surface area (Å²) in [5, 5.41) is 11.2. The van der Waals surface area contributed by atoms with Crippen LogP contribution < -0.4 is 10.5 Å². The highest BCUT2D eigenvalue weighted by atomic mass is 16.3. The lowest BCUT2D eigenvalue weighted by Gasteiger charge is -2.33. The molecule has 0 spiro atoms. The fraction of sp³-hybridized carbons (Fsp3) is 0.947. The van der Waals surface area contributed by atoms with Gasteiger partial charge in [-0.2, -0.15) is 0 Å². The predicted molar refractivity (Wildman–Crippen MR) is 95.7 cm³/mol. The zero-order chi connectivity index (χ0) is 17.6. The summed E-state index contributed by atoms with van der Waals surface area (Å²) in [6, 6.07) is 0. The molecule has 0 aromatic heterocycles. The zero-order valence-corrected chi connectivity index (χ0v) is 16.0. The van der Waals surface area contributed by atoms with E-state index in [2.05, 4.69) is 12.3 Å². The van der Waals surface area contributed by atoms with Gasteiger partial charge in [0.15, 0.2) is 0 Å². The summed E-state index contributed by atoms with van der Waals surface area (Å²) in [5.74, 6) is 0.0616. The second kappa shape index (κ2) is 13.8. The molecule has 0 radical (unpaired) electrons. The second-order valence-corrected chi connectivity index (χ2v) is 7.50. The van der Waals surface area contributed by atoms with Gasteiger partial charge in [-0.25, -0.2) is 10.0 Å². The first-order valence-electron chi connectivity index (χ1n) is 9.67. The number of hydrogen-bond donors (Lipinski definition) is 1. The van der Waals surface area contributed by atoms with Crippen molar-refractivity contribution in [1.29, 1.82) is 0 Å². The molecule has 0 aliphatic carbocycles. The van der Waals surface area contributed by atoms with Crippen molar-refractivity contribution in [2.45, 2.75) is 97.0 Å². The van der Waals surface area contributed by atoms with Gasteiger partial charge in [-0.3, -0.25) is 4.79 Å². The molecular weight excluding hydrogens is 288 g/mol. The summed E-state index contributed by atoms with van der Waals surface area (Å²) in [6.07, 6.45) is 14.1. The highest BCUT2D eigenvalue weighted by Crippen LogP contribution is 2.12. The molecule has 0 aliphatic rings. The lowest BCUT2D eigenvalue weighted by atomic mass is 10.1. The molecule has 1 N–H and O–H groups in total. The molecule has 0 heterocycles. The molecule has 0 saturated heterocycles. The van der Waals surface area contributed by atoms with Crippen LogP contribution in [0.2, 0.25) is 0 Å². The van der Waals surface area contributed by atoms with Gasteiger partial charge in [0.25, 0.3) is 5.91 Å². The molecule has 0 aromatic rings. The number of carbonyl (C=O) groups is 1. The standard InChI is InChI=1S/C19H40N2O2/c1-5-6-7-8-9-10-11-12-13-14-15-16-19(23)20-21(3,4)17-18(2)22/h18H,5-17H2,1-4H3,(H,20,23). The molecule has 0 bridgehead atoms. The Hall–Kier alpha value is -0.610. The molecule has 1 unspecified atom stereocenters. The molecule has 138 valence electrons. The number of unbranched alkanes of at least 4 members (excludes halogenated alkanes) is 10. The lowest BCUT2D eigenvalue weighted by Crippen LogP contribution is -2.58. The van der Waals surface area contributed by atoms with Crippen LogP contribution in [0.5, 0.6) is 0 Å². The quantitative estimate of drug-likeness (QED) is 0.284. The van der Waals surface area contributed by atoms with E-state index in [1.807, 2.05) is 14.1 Å². The van der Waals surface area contributed by atoms with Gasteiger partial charge in [0, 0.05) is 6.42 Å². The number of rotatable bonds is 15. The Kier molecular flexibility index (Phi) is 13.4. The first-order valence-corrected chi connectivity index (χ1v) is 9.67. The lowest BCUT2D eigenvalue weighted by molar-refractivity contribution is -0.932. The van der Waals surface area contributed by atoms with Crippen LogP contribution in [0.15, 0.2) is 0 Å². The van der Waals surface area contributed by atoms with E-state index in [1.54, 1.807) is 6.92 Å². The number of amides is 1. The summed E-state index contributed by atoms with van der Waals surface area (Å²) < 4.78 is 0.279. The first-order chi connectivity index (χ1) is 10.9. The molecule has 23 heavy (non-hydrogen) atoms. The molecular formula is C19H40N2O2. The van der Waals surface area contributed by atoms with Crippen molar-refractivity contribution in [1.82, 2.24) is 5.43 Å². The summed E-state index contributed by atoms with van der Waals surface area (Å²) >= 11 is 0. The Morgan fingerprint density at radius 2 is 1.35 bits per heavy atom. The Morgan fingerprint density at radius 3 is 1.78 bits per heavy atom. The van der Waals surface area contributed by atoms with E-state index in [0.29, 0.717) is 13.0 Å². The van der Waals surface area contributed by atoms with E-state index in [9.17, 15) is 9.90 Å². The SMILES string of the molecule is CCCCCCCCCCCCCC(=O)N[N+](C)(C)CC(C)[O-]. The summed E-state index contributed by atoms with van der Waals surface area (Å²) in [5.41, 5.74) is 2.92. The van der Waals surface area contributed by atoms with Gasteiger partial charge in [0.05, 0.1) is 20.6 Å². The monoisotopic (exact) mass is 328 g/mol. The summed E-state index contributed by atoms with van der Waals surface area (Å²) in [6.45, 7) is 4.31. The Labute approximate surface area is 144 Å². The molecule has 0 rings (SSSR count). The van der Waals surface area contributed by atoms with Crippen molar-refractivity contribution >= 4 is 5.91 Å². The topological polar surface area (TPSA) is 52.2 Å². The highest BCUT2D eigenvalue weighted by Gasteiger charge is 2.18. The largest absolute Gasteiger partial charge is 0.848 e. The van der Waals surface area contributed by atoms with Gasteiger partial charge >= 0.3 is 0 Å². The van der Waals surface area contributed by atoms with E-state index in [4.69, 9.17) is 0 Å². The predicted octanol–water partition coefficient (Wildman–Crippen LogP) is 3.54. The van der Waals surface area contributed by atoms with Crippen molar-refractivity contribution in [3.63, 3.8) is 0 Å². The molecule has 4 heteroatoms. The summed E-state index contributed by atoms with van der Waals surface area (Å²) in [4.78, 5) is 11.9. The molecule has 0 aromatic carbocycles. The number of nitrogens with one attached hydrogen (secondary N) is 1. The average Bonchev–Trinajstić information content (AvgIpc) is 2.42. The number of nitrogens with zero attached hydrogens (tertiary/aromatic N) is 1. The molecule has 0 aliphatic heterocycles. The van der Waals surface area contributed by atoms with Crippen LogP contribution in [0.1, 0.15) is 90.9 Å². The van der Waals surface area contributed by atoms with Crippen LogP contribution in [-0.2, 0) is 4.79 Å². The van der Waals surface area contributed by atoms with E-state index in [1.165, 1.54) is 57.8 Å². The maximum Gasteiger partial charge on any atom is 0.264 e. The maximum atomic E-state index is 11.9. The van der Waals surface area contributed by atoms with Gasteiger partial charge in [0.1, 0.15) is 0 Å². The van der Waals surface area contributed by atoms with E-state index < -0.39 is 6.10 Å². The van der Waals surface area contributed by atoms with Gasteiger partial charge in [-0.15, -0.1) is 0 Å². The molecule has 0 fully saturated rings. The van der Waals surface area contributed by atoms with Crippen LogP contribution in [0.25, 0.3) is 0 Å². The van der Waals surface area contributed by atoms with E-state index in [0.717, 1.165) is 12.8 Å². The van der Waals surface area contributed by atoms with Crippen LogP contribution in [-0.4, -0.2) is 37.2 Å². The van der Waals surface area contributed by atoms with Crippen molar-refractivity contribution in [2.24, 2.45) is 0 Å². The minimum Gasteiger partial charge on any atom is -0.848 e. The molecule has 4 nitrogen and oxygen atoms in total. The second-order valence-electron chi connectivity index (χ2n) is 7.50. The Morgan fingerprint density at radius 1 is 0.913 bits per heavy atom. The first kappa shape index (κ1) is 22.4. The molecule has 0 saturated carbocycles. The van der Waals surface area contributed by atoms with Crippen LogP contribution in [0, 0.1) is 0 Å². The zero-order valence-electron chi connectivity index (χ0n) is 16.0. The Balaban J connectivity index is 3.42. The average molecular weight is 329 g/mol. The number of hydrogen-bond acceptors (Lipinski definition) is 2. The van der Waals surface area contributed by atoms with Gasteiger partial charge < -0.3 is 5.11 Å². The van der Waals surface area contributed by atoms with Gasteiger partial charge in [-0.05, 0) is 6.42 Å². The third-order valence-corrected chi connectivity index (χ3v) is 4.15. The van der Waals surface area contributed by atoms with Crippen LogP contribution in [0.4, 0.5) is 0 Å². The third kappa shape index (κ3) is 16.0. The molecule has 1 atom stereocenters. The van der Waals surface area contributed by atoms with Crippen LogP contribution >= 0.6 is 0 Å². The minimum atomic E-state index is -0.660. The Bertz CT molecular complexity index is 291. The summed E-state index contributed by atoms with van der Waals surface area (Å²) in [7, 11) is 3.74. The third-order valence-electron chi connectivity index (χ3n) is 4.15.